The Morgan fingerprint density at radius 2 is 2.14 bits per heavy atom. The molecule has 0 atom stereocenters. The zero-order valence-corrected chi connectivity index (χ0v) is 8.28. The van der Waals surface area contributed by atoms with E-state index in [1.54, 1.807) is 6.07 Å². The Morgan fingerprint density at radius 3 is 2.64 bits per heavy atom. The lowest BCUT2D eigenvalue weighted by atomic mass is 10.2. The van der Waals surface area contributed by atoms with Gasteiger partial charge in [0.25, 0.3) is 6.43 Å². The van der Waals surface area contributed by atoms with Crippen LogP contribution in [0.1, 0.15) is 17.7 Å². The third kappa shape index (κ3) is 2.31. The second-order valence-electron chi connectivity index (χ2n) is 2.44. The van der Waals surface area contributed by atoms with E-state index in [1.807, 2.05) is 0 Å². The van der Waals surface area contributed by atoms with E-state index in [2.05, 4.69) is 4.98 Å². The lowest BCUT2D eigenvalue weighted by molar-refractivity contribution is 0.146. The molecule has 0 aliphatic carbocycles. The molecule has 0 unspecified atom stereocenters. The van der Waals surface area contributed by atoms with Crippen molar-refractivity contribution in [1.82, 2.24) is 4.98 Å². The fourth-order valence-electron chi connectivity index (χ4n) is 0.926. The van der Waals surface area contributed by atoms with Crippen molar-refractivity contribution in [3.63, 3.8) is 0 Å². The molecule has 0 fully saturated rings. The Morgan fingerprint density at radius 1 is 1.50 bits per heavy atom. The maximum absolute atomic E-state index is 12.3. The Hall–Kier alpha value is -0.920. The summed E-state index contributed by atoms with van der Waals surface area (Å²) in [7, 11) is 0. The van der Waals surface area contributed by atoms with Gasteiger partial charge in [0.15, 0.2) is 0 Å². The van der Waals surface area contributed by atoms with Crippen LogP contribution in [-0.4, -0.2) is 4.98 Å². The summed E-state index contributed by atoms with van der Waals surface area (Å²) in [4.78, 5) is 3.39. The molecule has 0 amide bonds. The number of alkyl halides is 2. The zero-order chi connectivity index (χ0) is 10.7. The summed E-state index contributed by atoms with van der Waals surface area (Å²) in [5, 5.41) is 8.13. The molecule has 14 heavy (non-hydrogen) atoms. The van der Waals surface area contributed by atoms with Crippen LogP contribution in [0.15, 0.2) is 6.07 Å². The number of hydrogen-bond donors (Lipinski definition) is 0. The normalized spacial score (nSPS) is 10.3. The van der Waals surface area contributed by atoms with E-state index in [9.17, 15) is 8.78 Å². The molecule has 0 radical (unpaired) electrons. The van der Waals surface area contributed by atoms with Gasteiger partial charge in [-0.3, -0.25) is 0 Å². The molecule has 74 valence electrons. The van der Waals surface area contributed by atoms with Crippen LogP contribution in [0.5, 0.6) is 0 Å². The SMILES string of the molecule is N#CCc1cc(Cl)nc(C(F)F)c1Cl. The molecule has 0 aliphatic heterocycles. The summed E-state index contributed by atoms with van der Waals surface area (Å²) >= 11 is 11.1. The average Bonchev–Trinajstić information content (AvgIpc) is 2.10. The highest BCUT2D eigenvalue weighted by molar-refractivity contribution is 6.33. The van der Waals surface area contributed by atoms with Gasteiger partial charge in [0.2, 0.25) is 0 Å². The van der Waals surface area contributed by atoms with Crippen LogP contribution in [0, 0.1) is 11.3 Å². The molecule has 0 N–H and O–H groups in total. The molecule has 1 rings (SSSR count). The molecule has 0 saturated heterocycles. The summed E-state index contributed by atoms with van der Waals surface area (Å²) < 4.78 is 24.7. The number of rotatable bonds is 2. The number of hydrogen-bond acceptors (Lipinski definition) is 2. The average molecular weight is 237 g/mol. The first kappa shape index (κ1) is 11.2. The van der Waals surface area contributed by atoms with Crippen molar-refractivity contribution in [2.24, 2.45) is 0 Å². The molecule has 2 nitrogen and oxygen atoms in total. The molecule has 0 spiro atoms. The largest absolute Gasteiger partial charge is 0.281 e. The standard InChI is InChI=1S/C8H4Cl2F2N2/c9-5-3-4(1-2-13)6(10)7(14-5)8(11)12/h3,8H,1H2. The van der Waals surface area contributed by atoms with Gasteiger partial charge in [-0.2, -0.15) is 5.26 Å². The van der Waals surface area contributed by atoms with Gasteiger partial charge in [-0.05, 0) is 11.6 Å². The van der Waals surface area contributed by atoms with Crippen LogP contribution in [-0.2, 0) is 6.42 Å². The number of aromatic nitrogens is 1. The van der Waals surface area contributed by atoms with Crippen LogP contribution < -0.4 is 0 Å². The van der Waals surface area contributed by atoms with Gasteiger partial charge in [-0.1, -0.05) is 23.2 Å². The molecule has 1 aromatic heterocycles. The Labute approximate surface area is 89.1 Å². The summed E-state index contributed by atoms with van der Waals surface area (Å²) in [6, 6.07) is 3.11. The summed E-state index contributed by atoms with van der Waals surface area (Å²) in [5.41, 5.74) is -0.311. The van der Waals surface area contributed by atoms with Crippen molar-refractivity contribution in [2.75, 3.05) is 0 Å². The van der Waals surface area contributed by atoms with Crippen molar-refractivity contribution in [3.8, 4) is 6.07 Å². The number of pyridine rings is 1. The molecule has 1 aromatic rings. The predicted molar refractivity (Wildman–Crippen MR) is 48.5 cm³/mol. The highest BCUT2D eigenvalue weighted by Crippen LogP contribution is 2.30. The maximum Gasteiger partial charge on any atom is 0.281 e. The third-order valence-corrected chi connectivity index (χ3v) is 2.13. The van der Waals surface area contributed by atoms with Crippen LogP contribution in [0.3, 0.4) is 0 Å². The highest BCUT2D eigenvalue weighted by Gasteiger charge is 2.17. The van der Waals surface area contributed by atoms with E-state index in [1.165, 1.54) is 6.07 Å². The fourth-order valence-corrected chi connectivity index (χ4v) is 1.40. The van der Waals surface area contributed by atoms with E-state index < -0.39 is 12.1 Å². The van der Waals surface area contributed by atoms with Gasteiger partial charge in [0, 0.05) is 0 Å². The van der Waals surface area contributed by atoms with E-state index in [4.69, 9.17) is 28.5 Å². The molecule has 0 aromatic carbocycles. The Kier molecular flexibility index (Phi) is 3.62. The molecular formula is C8H4Cl2F2N2. The minimum Gasteiger partial charge on any atom is -0.234 e. The monoisotopic (exact) mass is 236 g/mol. The minimum absolute atomic E-state index is 0.0687. The topological polar surface area (TPSA) is 36.7 Å². The minimum atomic E-state index is -2.79. The van der Waals surface area contributed by atoms with Crippen LogP contribution in [0.4, 0.5) is 8.78 Å². The lowest BCUT2D eigenvalue weighted by Crippen LogP contribution is -1.96. The number of nitriles is 1. The van der Waals surface area contributed by atoms with Gasteiger partial charge >= 0.3 is 0 Å². The van der Waals surface area contributed by atoms with Gasteiger partial charge in [0.05, 0.1) is 17.5 Å². The van der Waals surface area contributed by atoms with E-state index in [-0.39, 0.29) is 22.2 Å². The van der Waals surface area contributed by atoms with Crippen molar-refractivity contribution in [3.05, 3.63) is 27.5 Å². The number of nitrogens with zero attached hydrogens (tertiary/aromatic N) is 2. The van der Waals surface area contributed by atoms with Gasteiger partial charge in [-0.25, -0.2) is 13.8 Å². The molecular weight excluding hydrogens is 233 g/mol. The second kappa shape index (κ2) is 4.54. The smallest absolute Gasteiger partial charge is 0.234 e. The fraction of sp³-hybridized carbons (Fsp3) is 0.250. The quantitative estimate of drug-likeness (QED) is 0.739. The summed E-state index contributed by atoms with van der Waals surface area (Å²) in [6.45, 7) is 0. The molecule has 0 aliphatic rings. The van der Waals surface area contributed by atoms with Crippen LogP contribution in [0.2, 0.25) is 10.2 Å². The number of halogens is 4. The lowest BCUT2D eigenvalue weighted by Gasteiger charge is -2.06. The van der Waals surface area contributed by atoms with Crippen molar-refractivity contribution in [2.45, 2.75) is 12.8 Å². The maximum atomic E-state index is 12.3. The molecule has 0 bridgehead atoms. The van der Waals surface area contributed by atoms with Gasteiger partial charge < -0.3 is 0 Å². The third-order valence-electron chi connectivity index (χ3n) is 1.50. The summed E-state index contributed by atoms with van der Waals surface area (Å²) in [5.74, 6) is 0. The van der Waals surface area contributed by atoms with Gasteiger partial charge in [-0.15, -0.1) is 0 Å². The van der Waals surface area contributed by atoms with E-state index in [0.29, 0.717) is 0 Å². The van der Waals surface area contributed by atoms with Crippen molar-refractivity contribution < 1.29 is 8.78 Å². The molecule has 1 heterocycles. The highest BCUT2D eigenvalue weighted by atomic mass is 35.5. The van der Waals surface area contributed by atoms with E-state index in [0.717, 1.165) is 0 Å². The Bertz CT molecular complexity index is 388. The van der Waals surface area contributed by atoms with Crippen LogP contribution >= 0.6 is 23.2 Å². The van der Waals surface area contributed by atoms with Crippen molar-refractivity contribution in [1.29, 1.82) is 5.26 Å². The van der Waals surface area contributed by atoms with Gasteiger partial charge in [0.1, 0.15) is 10.8 Å². The van der Waals surface area contributed by atoms with Crippen LogP contribution in [0.25, 0.3) is 0 Å². The van der Waals surface area contributed by atoms with E-state index >= 15 is 0 Å². The predicted octanol–water partition coefficient (Wildman–Crippen LogP) is 3.39. The van der Waals surface area contributed by atoms with Crippen molar-refractivity contribution >= 4 is 23.2 Å². The first-order valence-electron chi connectivity index (χ1n) is 3.56. The zero-order valence-electron chi connectivity index (χ0n) is 6.77. The molecule has 0 saturated carbocycles. The second-order valence-corrected chi connectivity index (χ2v) is 3.20. The summed E-state index contributed by atoms with van der Waals surface area (Å²) in [6.07, 6.45) is -2.86. The molecule has 6 heteroatoms. The first-order chi connectivity index (χ1) is 6.56. The Balaban J connectivity index is 3.26. The first-order valence-corrected chi connectivity index (χ1v) is 4.31.